The van der Waals surface area contributed by atoms with E-state index in [-0.39, 0.29) is 23.0 Å². The number of carbonyl (C=O) groups excluding carboxylic acids is 1. The van der Waals surface area contributed by atoms with Crippen LogP contribution in [-0.2, 0) is 10.0 Å². The zero-order valence-corrected chi connectivity index (χ0v) is 18.8. The molecule has 0 atom stereocenters. The third-order valence-corrected chi connectivity index (χ3v) is 6.29. The SMILES string of the molecule is CCOc1ccccc1S(=O)(=O)NC(=O)c1cc2cc(C#N)c(N(C)C)c(Br)c2o1. The molecule has 0 radical (unpaired) electrons. The number of nitrogens with zero attached hydrogens (tertiary/aromatic N) is 2. The van der Waals surface area contributed by atoms with Crippen LogP contribution in [0.1, 0.15) is 23.0 Å². The summed E-state index contributed by atoms with van der Waals surface area (Å²) >= 11 is 3.41. The maximum Gasteiger partial charge on any atom is 0.300 e. The van der Waals surface area contributed by atoms with Crippen molar-refractivity contribution in [1.82, 2.24) is 4.72 Å². The van der Waals surface area contributed by atoms with Crippen LogP contribution in [0.15, 0.2) is 50.2 Å². The Morgan fingerprint density at radius 2 is 2.00 bits per heavy atom. The fourth-order valence-corrected chi connectivity index (χ4v) is 4.92. The van der Waals surface area contributed by atoms with Crippen molar-refractivity contribution in [3.63, 3.8) is 0 Å². The van der Waals surface area contributed by atoms with Crippen molar-refractivity contribution in [2.45, 2.75) is 11.8 Å². The summed E-state index contributed by atoms with van der Waals surface area (Å²) in [5, 5.41) is 9.90. The first-order valence-electron chi connectivity index (χ1n) is 8.82. The second-order valence-corrected chi connectivity index (χ2v) is 8.88. The number of sulfonamides is 1. The number of nitrogens with one attached hydrogen (secondary N) is 1. The maximum atomic E-state index is 12.7. The van der Waals surface area contributed by atoms with Gasteiger partial charge in [-0.2, -0.15) is 5.26 Å². The van der Waals surface area contributed by atoms with Crippen LogP contribution in [0.2, 0.25) is 0 Å². The number of hydrogen-bond donors (Lipinski definition) is 1. The molecule has 3 aromatic rings. The first-order chi connectivity index (χ1) is 14.2. The predicted octanol–water partition coefficient (Wildman–Crippen LogP) is 3.65. The monoisotopic (exact) mass is 491 g/mol. The molecule has 0 spiro atoms. The number of benzene rings is 2. The fraction of sp³-hybridized carbons (Fsp3) is 0.200. The highest BCUT2D eigenvalue weighted by Gasteiger charge is 2.26. The first kappa shape index (κ1) is 21.7. The number of fused-ring (bicyclic) bond motifs is 1. The van der Waals surface area contributed by atoms with Crippen LogP contribution in [0.5, 0.6) is 5.75 Å². The molecular weight excluding hydrogens is 474 g/mol. The Labute approximate surface area is 182 Å². The quantitative estimate of drug-likeness (QED) is 0.559. The third-order valence-electron chi connectivity index (χ3n) is 4.18. The lowest BCUT2D eigenvalue weighted by Crippen LogP contribution is -2.30. The molecule has 30 heavy (non-hydrogen) atoms. The predicted molar refractivity (Wildman–Crippen MR) is 115 cm³/mol. The maximum absolute atomic E-state index is 12.7. The van der Waals surface area contributed by atoms with E-state index in [4.69, 9.17) is 9.15 Å². The molecule has 3 rings (SSSR count). The van der Waals surface area contributed by atoms with E-state index in [1.807, 2.05) is 4.72 Å². The molecule has 0 bridgehead atoms. The van der Waals surface area contributed by atoms with Gasteiger partial charge in [-0.05, 0) is 47.1 Å². The van der Waals surface area contributed by atoms with Gasteiger partial charge in [-0.25, -0.2) is 13.1 Å². The lowest BCUT2D eigenvalue weighted by Gasteiger charge is -2.16. The average Bonchev–Trinajstić information content (AvgIpc) is 3.12. The first-order valence-corrected chi connectivity index (χ1v) is 11.1. The Bertz CT molecular complexity index is 1280. The summed E-state index contributed by atoms with van der Waals surface area (Å²) in [6, 6.07) is 11.1. The average molecular weight is 492 g/mol. The van der Waals surface area contributed by atoms with Crippen LogP contribution in [-0.4, -0.2) is 35.0 Å². The summed E-state index contributed by atoms with van der Waals surface area (Å²) in [6.07, 6.45) is 0. The largest absolute Gasteiger partial charge is 0.492 e. The molecule has 156 valence electrons. The van der Waals surface area contributed by atoms with Crippen LogP contribution in [0.4, 0.5) is 5.69 Å². The number of rotatable bonds is 6. The molecule has 0 saturated carbocycles. The zero-order valence-electron chi connectivity index (χ0n) is 16.4. The van der Waals surface area contributed by atoms with Gasteiger partial charge in [-0.15, -0.1) is 0 Å². The Balaban J connectivity index is 2.00. The van der Waals surface area contributed by atoms with Crippen molar-refractivity contribution in [1.29, 1.82) is 5.26 Å². The molecule has 10 heteroatoms. The van der Waals surface area contributed by atoms with E-state index < -0.39 is 15.9 Å². The molecule has 1 heterocycles. The number of furan rings is 1. The van der Waals surface area contributed by atoms with E-state index >= 15 is 0 Å². The van der Waals surface area contributed by atoms with Crippen molar-refractivity contribution >= 4 is 48.5 Å². The topological polar surface area (TPSA) is 113 Å². The Morgan fingerprint density at radius 3 is 2.63 bits per heavy atom. The Morgan fingerprint density at radius 1 is 1.30 bits per heavy atom. The highest BCUT2D eigenvalue weighted by molar-refractivity contribution is 9.10. The van der Waals surface area contributed by atoms with E-state index in [1.165, 1.54) is 24.3 Å². The number of hydrogen-bond acceptors (Lipinski definition) is 7. The lowest BCUT2D eigenvalue weighted by molar-refractivity contribution is 0.0956. The van der Waals surface area contributed by atoms with Crippen LogP contribution >= 0.6 is 15.9 Å². The minimum absolute atomic E-state index is 0.141. The zero-order chi connectivity index (χ0) is 22.1. The smallest absolute Gasteiger partial charge is 0.300 e. The van der Waals surface area contributed by atoms with Crippen molar-refractivity contribution in [3.8, 4) is 11.8 Å². The van der Waals surface area contributed by atoms with Crippen LogP contribution in [0.25, 0.3) is 11.0 Å². The van der Waals surface area contributed by atoms with E-state index in [2.05, 4.69) is 22.0 Å². The van der Waals surface area contributed by atoms with Crippen molar-refractivity contribution in [3.05, 3.63) is 52.2 Å². The normalized spacial score (nSPS) is 11.2. The number of amides is 1. The van der Waals surface area contributed by atoms with Gasteiger partial charge in [0.2, 0.25) is 0 Å². The summed E-state index contributed by atoms with van der Waals surface area (Å²) in [4.78, 5) is 14.2. The second-order valence-electron chi connectivity index (χ2n) is 6.44. The van der Waals surface area contributed by atoms with E-state index in [0.717, 1.165) is 0 Å². The van der Waals surface area contributed by atoms with Crippen molar-refractivity contribution in [2.24, 2.45) is 0 Å². The third kappa shape index (κ3) is 3.99. The van der Waals surface area contributed by atoms with Gasteiger partial charge in [0.05, 0.1) is 22.3 Å². The number of carbonyl (C=O) groups is 1. The Kier molecular flexibility index (Phi) is 6.05. The molecule has 0 aliphatic carbocycles. The van der Waals surface area contributed by atoms with E-state index in [0.29, 0.717) is 26.7 Å². The van der Waals surface area contributed by atoms with Gasteiger partial charge in [0.1, 0.15) is 16.7 Å². The highest BCUT2D eigenvalue weighted by atomic mass is 79.9. The molecule has 0 aliphatic rings. The number of anilines is 1. The molecular formula is C20H18BrN3O5S. The molecule has 8 nitrogen and oxygen atoms in total. The summed E-state index contributed by atoms with van der Waals surface area (Å²) < 4.78 is 38.9. The minimum atomic E-state index is -4.20. The van der Waals surface area contributed by atoms with E-state index in [1.54, 1.807) is 38.1 Å². The number of nitriles is 1. The Hall–Kier alpha value is -3.03. The number of para-hydroxylation sites is 1. The number of halogens is 1. The van der Waals surface area contributed by atoms with Crippen molar-refractivity contribution < 1.29 is 22.4 Å². The van der Waals surface area contributed by atoms with Gasteiger partial charge in [0, 0.05) is 19.5 Å². The summed E-state index contributed by atoms with van der Waals surface area (Å²) in [6.45, 7) is 2.00. The minimum Gasteiger partial charge on any atom is -0.492 e. The number of ether oxygens (including phenoxy) is 1. The molecule has 0 fully saturated rings. The second kappa shape index (κ2) is 8.38. The fourth-order valence-electron chi connectivity index (χ4n) is 2.94. The van der Waals surface area contributed by atoms with Gasteiger partial charge in [0.15, 0.2) is 11.3 Å². The molecule has 1 amide bonds. The van der Waals surface area contributed by atoms with Gasteiger partial charge < -0.3 is 14.1 Å². The van der Waals surface area contributed by atoms with Gasteiger partial charge in [0.25, 0.3) is 10.0 Å². The van der Waals surface area contributed by atoms with E-state index in [9.17, 15) is 18.5 Å². The standard InChI is InChI=1S/C20H18BrN3O5S/c1-4-28-14-7-5-6-8-16(14)30(26,27)23-20(25)15-10-12-9-13(11-22)18(24(2)3)17(21)19(12)29-15/h5-10H,4H2,1-3H3,(H,23,25). The van der Waals surface area contributed by atoms with Gasteiger partial charge >= 0.3 is 5.91 Å². The summed E-state index contributed by atoms with van der Waals surface area (Å²) in [7, 11) is -0.660. The van der Waals surface area contributed by atoms with Gasteiger partial charge in [-0.1, -0.05) is 12.1 Å². The van der Waals surface area contributed by atoms with Gasteiger partial charge in [-0.3, -0.25) is 4.79 Å². The van der Waals surface area contributed by atoms with Crippen LogP contribution < -0.4 is 14.4 Å². The van der Waals surface area contributed by atoms with Crippen LogP contribution in [0, 0.1) is 11.3 Å². The molecule has 0 saturated heterocycles. The molecule has 0 aliphatic heterocycles. The van der Waals surface area contributed by atoms with Crippen LogP contribution in [0.3, 0.4) is 0 Å². The lowest BCUT2D eigenvalue weighted by atomic mass is 10.1. The van der Waals surface area contributed by atoms with Crippen molar-refractivity contribution in [2.75, 3.05) is 25.6 Å². The molecule has 1 aromatic heterocycles. The molecule has 0 unspecified atom stereocenters. The summed E-state index contributed by atoms with van der Waals surface area (Å²) in [5.74, 6) is -1.00. The summed E-state index contributed by atoms with van der Waals surface area (Å²) in [5.41, 5.74) is 1.30. The highest BCUT2D eigenvalue weighted by Crippen LogP contribution is 2.37. The molecule has 1 N–H and O–H groups in total. The molecule has 2 aromatic carbocycles.